The fraction of sp³-hybridized carbons (Fsp3) is 0.133. The zero-order chi connectivity index (χ0) is 15.1. The lowest BCUT2D eigenvalue weighted by molar-refractivity contribution is 0.174. The van der Waals surface area contributed by atoms with Gasteiger partial charge in [0.15, 0.2) is 0 Å². The van der Waals surface area contributed by atoms with Crippen molar-refractivity contribution in [1.82, 2.24) is 10.2 Å². The van der Waals surface area contributed by atoms with Crippen LogP contribution in [-0.4, -0.2) is 22.9 Å². The van der Waals surface area contributed by atoms with Gasteiger partial charge in [0.2, 0.25) is 0 Å². The molecular weight excluding hydrogens is 270 g/mol. The summed E-state index contributed by atoms with van der Waals surface area (Å²) < 4.78 is 4.93. The van der Waals surface area contributed by atoms with E-state index >= 15 is 0 Å². The van der Waals surface area contributed by atoms with Crippen LogP contribution >= 0.6 is 0 Å². The quantitative estimate of drug-likeness (QED) is 0.845. The number of nitrogens with zero attached hydrogens (tertiary/aromatic N) is 1. The van der Waals surface area contributed by atoms with Gasteiger partial charge in [0.25, 0.3) is 5.56 Å². The number of anilines is 1. The summed E-state index contributed by atoms with van der Waals surface area (Å²) in [6.07, 6.45) is 3.03. The molecule has 6 nitrogen and oxygen atoms in total. The van der Waals surface area contributed by atoms with Crippen LogP contribution in [0.25, 0.3) is 11.3 Å². The van der Waals surface area contributed by atoms with Gasteiger partial charge in [-0.1, -0.05) is 24.3 Å². The van der Waals surface area contributed by atoms with E-state index in [0.717, 1.165) is 5.56 Å². The zero-order valence-electron chi connectivity index (χ0n) is 11.5. The largest absolute Gasteiger partial charge is 0.445 e. The molecule has 2 aromatic rings. The van der Waals surface area contributed by atoms with Crippen LogP contribution in [0.15, 0.2) is 53.3 Å². The molecule has 0 saturated heterocycles. The lowest BCUT2D eigenvalue weighted by Gasteiger charge is -2.06. The highest BCUT2D eigenvalue weighted by Gasteiger charge is 2.03. The Kier molecular flexibility index (Phi) is 4.87. The Hall–Kier alpha value is -2.89. The standard InChI is InChI=1S/C15H15N3O3/c1-2-3-10-21-15(20)16-12-6-4-11(5-7-12)13-8-9-14(19)18-17-13/h2-9H,10H2,1H3,(H,16,20)(H,18,19). The minimum Gasteiger partial charge on any atom is -0.445 e. The maximum atomic E-state index is 11.5. The van der Waals surface area contributed by atoms with Crippen molar-refractivity contribution in [2.24, 2.45) is 0 Å². The molecule has 1 heterocycles. The zero-order valence-corrected chi connectivity index (χ0v) is 11.5. The monoisotopic (exact) mass is 285 g/mol. The first-order valence-electron chi connectivity index (χ1n) is 6.40. The molecule has 0 saturated carbocycles. The second kappa shape index (κ2) is 7.04. The number of rotatable bonds is 4. The minimum atomic E-state index is -0.511. The highest BCUT2D eigenvalue weighted by atomic mass is 16.5. The van der Waals surface area contributed by atoms with Crippen LogP contribution in [0.4, 0.5) is 10.5 Å². The molecular formula is C15H15N3O3. The average Bonchev–Trinajstić information content (AvgIpc) is 2.49. The highest BCUT2D eigenvalue weighted by molar-refractivity contribution is 5.85. The number of allylic oxidation sites excluding steroid dienone is 1. The molecule has 0 spiro atoms. The van der Waals surface area contributed by atoms with E-state index < -0.39 is 6.09 Å². The topological polar surface area (TPSA) is 84.1 Å². The third-order valence-electron chi connectivity index (χ3n) is 2.65. The van der Waals surface area contributed by atoms with E-state index in [9.17, 15) is 9.59 Å². The minimum absolute atomic E-state index is 0.238. The number of carbonyl (C=O) groups is 1. The van der Waals surface area contributed by atoms with E-state index in [2.05, 4.69) is 15.5 Å². The molecule has 2 rings (SSSR count). The van der Waals surface area contributed by atoms with E-state index in [4.69, 9.17) is 4.74 Å². The Balaban J connectivity index is 2.00. The molecule has 1 aromatic heterocycles. The number of aromatic nitrogens is 2. The second-order valence-electron chi connectivity index (χ2n) is 4.18. The SMILES string of the molecule is CC=CCOC(=O)Nc1ccc(-c2ccc(=O)[nH]n2)cc1. The van der Waals surface area contributed by atoms with Crippen LogP contribution in [0.2, 0.25) is 0 Å². The van der Waals surface area contributed by atoms with E-state index in [1.807, 2.05) is 6.92 Å². The fourth-order valence-corrected chi connectivity index (χ4v) is 1.60. The number of amides is 1. The number of benzene rings is 1. The van der Waals surface area contributed by atoms with E-state index in [-0.39, 0.29) is 12.2 Å². The van der Waals surface area contributed by atoms with Crippen LogP contribution in [0.1, 0.15) is 6.92 Å². The van der Waals surface area contributed by atoms with Crippen molar-refractivity contribution in [3.63, 3.8) is 0 Å². The Morgan fingerprint density at radius 3 is 2.67 bits per heavy atom. The number of ether oxygens (including phenoxy) is 1. The molecule has 0 unspecified atom stereocenters. The molecule has 2 N–H and O–H groups in total. The van der Waals surface area contributed by atoms with Gasteiger partial charge in [-0.25, -0.2) is 9.89 Å². The summed E-state index contributed by atoms with van der Waals surface area (Å²) in [4.78, 5) is 22.4. The summed E-state index contributed by atoms with van der Waals surface area (Å²) in [5.74, 6) is 0. The van der Waals surface area contributed by atoms with Crippen molar-refractivity contribution < 1.29 is 9.53 Å². The van der Waals surface area contributed by atoms with Gasteiger partial charge >= 0.3 is 6.09 Å². The van der Waals surface area contributed by atoms with Gasteiger partial charge in [-0.3, -0.25) is 10.1 Å². The molecule has 0 aliphatic carbocycles. The van der Waals surface area contributed by atoms with Crippen molar-refractivity contribution >= 4 is 11.8 Å². The van der Waals surface area contributed by atoms with Gasteiger partial charge in [-0.15, -0.1) is 0 Å². The van der Waals surface area contributed by atoms with Crippen molar-refractivity contribution in [2.45, 2.75) is 6.92 Å². The van der Waals surface area contributed by atoms with Gasteiger partial charge in [0.05, 0.1) is 5.69 Å². The Labute approximate surface area is 121 Å². The molecule has 0 fully saturated rings. The molecule has 0 aliphatic rings. The van der Waals surface area contributed by atoms with Crippen LogP contribution < -0.4 is 10.9 Å². The summed E-state index contributed by atoms with van der Waals surface area (Å²) in [7, 11) is 0. The Morgan fingerprint density at radius 2 is 2.05 bits per heavy atom. The first-order chi connectivity index (χ1) is 10.2. The lowest BCUT2D eigenvalue weighted by Crippen LogP contribution is -2.13. The van der Waals surface area contributed by atoms with E-state index in [1.54, 1.807) is 42.5 Å². The normalized spacial score (nSPS) is 10.5. The molecule has 6 heteroatoms. The summed E-state index contributed by atoms with van der Waals surface area (Å²) in [6, 6.07) is 10.1. The van der Waals surface area contributed by atoms with E-state index in [1.165, 1.54) is 6.07 Å². The van der Waals surface area contributed by atoms with Gasteiger partial charge < -0.3 is 4.74 Å². The van der Waals surface area contributed by atoms with Crippen LogP contribution in [-0.2, 0) is 4.74 Å². The van der Waals surface area contributed by atoms with Gasteiger partial charge in [-0.2, -0.15) is 5.10 Å². The highest BCUT2D eigenvalue weighted by Crippen LogP contribution is 2.18. The summed E-state index contributed by atoms with van der Waals surface area (Å²) in [5, 5.41) is 8.92. The first kappa shape index (κ1) is 14.5. The maximum absolute atomic E-state index is 11.5. The molecule has 0 radical (unpaired) electrons. The van der Waals surface area contributed by atoms with Gasteiger partial charge in [0.1, 0.15) is 6.61 Å². The first-order valence-corrected chi connectivity index (χ1v) is 6.40. The van der Waals surface area contributed by atoms with Crippen molar-refractivity contribution in [3.8, 4) is 11.3 Å². The number of nitrogens with one attached hydrogen (secondary N) is 2. The van der Waals surface area contributed by atoms with Crippen molar-refractivity contribution in [3.05, 3.63) is 58.9 Å². The third kappa shape index (κ3) is 4.31. The summed E-state index contributed by atoms with van der Waals surface area (Å²) in [6.45, 7) is 2.09. The van der Waals surface area contributed by atoms with Crippen LogP contribution in [0.3, 0.4) is 0 Å². The second-order valence-corrected chi connectivity index (χ2v) is 4.18. The Bertz CT molecular complexity index is 670. The molecule has 21 heavy (non-hydrogen) atoms. The molecule has 1 amide bonds. The molecule has 0 aliphatic heterocycles. The molecule has 108 valence electrons. The summed E-state index contributed by atoms with van der Waals surface area (Å²) in [5.41, 5.74) is 1.85. The fourth-order valence-electron chi connectivity index (χ4n) is 1.60. The predicted octanol–water partition coefficient (Wildman–Crippen LogP) is 2.56. The number of hydrogen-bond acceptors (Lipinski definition) is 4. The molecule has 0 atom stereocenters. The smallest absolute Gasteiger partial charge is 0.411 e. The van der Waals surface area contributed by atoms with Crippen molar-refractivity contribution in [2.75, 3.05) is 11.9 Å². The number of carbonyl (C=O) groups excluding carboxylic acids is 1. The average molecular weight is 285 g/mol. The van der Waals surface area contributed by atoms with Gasteiger partial charge in [-0.05, 0) is 25.1 Å². The maximum Gasteiger partial charge on any atom is 0.411 e. The third-order valence-corrected chi connectivity index (χ3v) is 2.65. The van der Waals surface area contributed by atoms with Crippen molar-refractivity contribution in [1.29, 1.82) is 0 Å². The lowest BCUT2D eigenvalue weighted by atomic mass is 10.1. The number of hydrogen-bond donors (Lipinski definition) is 2. The predicted molar refractivity (Wildman–Crippen MR) is 80.1 cm³/mol. The summed E-state index contributed by atoms with van der Waals surface area (Å²) >= 11 is 0. The Morgan fingerprint density at radius 1 is 1.29 bits per heavy atom. The number of H-pyrrole nitrogens is 1. The number of aromatic amines is 1. The molecule has 0 bridgehead atoms. The van der Waals surface area contributed by atoms with Crippen LogP contribution in [0, 0.1) is 0 Å². The molecule has 1 aromatic carbocycles. The van der Waals surface area contributed by atoms with Gasteiger partial charge in [0, 0.05) is 17.3 Å². The van der Waals surface area contributed by atoms with E-state index in [0.29, 0.717) is 11.4 Å². The van der Waals surface area contributed by atoms with Crippen LogP contribution in [0.5, 0.6) is 0 Å².